The van der Waals surface area contributed by atoms with Gasteiger partial charge in [-0.15, -0.1) is 0 Å². The minimum atomic E-state index is -4.93. The van der Waals surface area contributed by atoms with Gasteiger partial charge in [0, 0.05) is 30.4 Å². The van der Waals surface area contributed by atoms with Crippen LogP contribution < -0.4 is 0 Å². The fourth-order valence-corrected chi connectivity index (χ4v) is 7.73. The number of aromatic nitrogens is 3. The molecule has 8 nitrogen and oxygen atoms in total. The van der Waals surface area contributed by atoms with Crippen LogP contribution in [0.15, 0.2) is 54.9 Å². The second kappa shape index (κ2) is 12.1. The van der Waals surface area contributed by atoms with Crippen molar-refractivity contribution in [2.75, 3.05) is 18.1 Å². The highest BCUT2D eigenvalue weighted by Crippen LogP contribution is 2.42. The molecule has 1 saturated carbocycles. The number of carbonyl (C=O) groups is 1. The van der Waals surface area contributed by atoms with Crippen molar-refractivity contribution in [2.24, 2.45) is 5.92 Å². The molecule has 0 bridgehead atoms. The van der Waals surface area contributed by atoms with E-state index in [4.69, 9.17) is 4.98 Å². The predicted molar refractivity (Wildman–Crippen MR) is 162 cm³/mol. The summed E-state index contributed by atoms with van der Waals surface area (Å²) in [6.45, 7) is 1.96. The summed E-state index contributed by atoms with van der Waals surface area (Å²) in [7, 11) is -3.18. The number of nitriles is 1. The molecule has 1 aliphatic heterocycles. The Labute approximate surface area is 263 Å². The predicted octanol–water partition coefficient (Wildman–Crippen LogP) is 6.26. The van der Waals surface area contributed by atoms with Gasteiger partial charge in [0.05, 0.1) is 58.2 Å². The number of alkyl halides is 3. The van der Waals surface area contributed by atoms with Gasteiger partial charge < -0.3 is 4.90 Å². The zero-order chi connectivity index (χ0) is 32.8. The fourth-order valence-electron chi connectivity index (χ4n) is 6.14. The fraction of sp³-hybridized carbons (Fsp3) is 0.394. The second-order valence-electron chi connectivity index (χ2n) is 12.1. The SMILES string of the molecule is C[C@H](c1nc2c(C3CC3)nccn2c1-c1ccc(C#N)cc1)N(CC1CCS(=O)(=O)CC1)C(=O)Cc1ccc(F)c(C(F)(F)F)c1. The lowest BCUT2D eigenvalue weighted by Gasteiger charge is -2.34. The molecule has 2 aromatic carbocycles. The zero-order valence-electron chi connectivity index (χ0n) is 25.0. The molecule has 0 N–H and O–H groups in total. The van der Waals surface area contributed by atoms with Crippen LogP contribution in [0.2, 0.25) is 0 Å². The number of imidazole rings is 1. The van der Waals surface area contributed by atoms with Gasteiger partial charge in [0.25, 0.3) is 0 Å². The van der Waals surface area contributed by atoms with E-state index in [0.717, 1.165) is 24.1 Å². The van der Waals surface area contributed by atoms with Crippen LogP contribution in [0.3, 0.4) is 0 Å². The number of fused-ring (bicyclic) bond motifs is 1. The molecule has 46 heavy (non-hydrogen) atoms. The van der Waals surface area contributed by atoms with Crippen molar-refractivity contribution < 1.29 is 30.8 Å². The van der Waals surface area contributed by atoms with E-state index in [1.54, 1.807) is 48.5 Å². The molecule has 2 fully saturated rings. The molecule has 1 amide bonds. The van der Waals surface area contributed by atoms with Gasteiger partial charge in [-0.3, -0.25) is 14.2 Å². The van der Waals surface area contributed by atoms with Crippen LogP contribution in [0.5, 0.6) is 0 Å². The van der Waals surface area contributed by atoms with Crippen molar-refractivity contribution >= 4 is 21.4 Å². The van der Waals surface area contributed by atoms with Crippen LogP contribution in [-0.4, -0.2) is 51.6 Å². The van der Waals surface area contributed by atoms with E-state index in [0.29, 0.717) is 47.6 Å². The summed E-state index contributed by atoms with van der Waals surface area (Å²) in [5.74, 6) is -1.85. The molecule has 0 spiro atoms. The maximum Gasteiger partial charge on any atom is 0.419 e. The number of nitrogens with zero attached hydrogens (tertiary/aromatic N) is 5. The average molecular weight is 654 g/mol. The number of sulfone groups is 1. The first kappa shape index (κ1) is 31.7. The number of benzene rings is 2. The molecule has 2 aliphatic rings. The topological polar surface area (TPSA) is 108 Å². The Kier molecular flexibility index (Phi) is 8.35. The van der Waals surface area contributed by atoms with Crippen molar-refractivity contribution in [3.63, 3.8) is 0 Å². The van der Waals surface area contributed by atoms with Crippen molar-refractivity contribution in [1.29, 1.82) is 5.26 Å². The minimum absolute atomic E-state index is 0.00434. The molecule has 1 atom stereocenters. The lowest BCUT2D eigenvalue weighted by Crippen LogP contribution is -2.40. The van der Waals surface area contributed by atoms with Gasteiger partial charge in [0.1, 0.15) is 15.7 Å². The van der Waals surface area contributed by atoms with E-state index in [1.807, 2.05) is 4.40 Å². The van der Waals surface area contributed by atoms with Gasteiger partial charge >= 0.3 is 6.18 Å². The maximum absolute atomic E-state index is 14.1. The third-order valence-electron chi connectivity index (χ3n) is 8.85. The van der Waals surface area contributed by atoms with Gasteiger partial charge in [-0.1, -0.05) is 18.2 Å². The molecule has 0 unspecified atom stereocenters. The van der Waals surface area contributed by atoms with Crippen molar-refractivity contribution in [2.45, 2.75) is 57.2 Å². The molecule has 1 aliphatic carbocycles. The molecular formula is C33H31F4N5O3S. The van der Waals surface area contributed by atoms with E-state index in [9.17, 15) is 36.0 Å². The third kappa shape index (κ3) is 6.49. The summed E-state index contributed by atoms with van der Waals surface area (Å²) < 4.78 is 80.7. The van der Waals surface area contributed by atoms with E-state index >= 15 is 0 Å². The Morgan fingerprint density at radius 3 is 2.43 bits per heavy atom. The van der Waals surface area contributed by atoms with Crippen molar-refractivity contribution in [1.82, 2.24) is 19.3 Å². The lowest BCUT2D eigenvalue weighted by molar-refractivity contribution is -0.140. The Morgan fingerprint density at radius 2 is 1.80 bits per heavy atom. The third-order valence-corrected chi connectivity index (χ3v) is 10.6. The quantitative estimate of drug-likeness (QED) is 0.208. The molecule has 0 radical (unpaired) electrons. The second-order valence-corrected chi connectivity index (χ2v) is 14.4. The zero-order valence-corrected chi connectivity index (χ0v) is 25.8. The number of carbonyl (C=O) groups excluding carboxylic acids is 1. The van der Waals surface area contributed by atoms with E-state index in [-0.39, 0.29) is 35.4 Å². The Hall–Kier alpha value is -4.31. The summed E-state index contributed by atoms with van der Waals surface area (Å²) in [5, 5.41) is 9.36. The van der Waals surface area contributed by atoms with Gasteiger partial charge in [-0.2, -0.15) is 18.4 Å². The first-order chi connectivity index (χ1) is 21.8. The van der Waals surface area contributed by atoms with Crippen LogP contribution in [0.25, 0.3) is 16.9 Å². The highest BCUT2D eigenvalue weighted by Gasteiger charge is 2.36. The molecule has 1 saturated heterocycles. The van der Waals surface area contributed by atoms with Crippen LogP contribution in [0, 0.1) is 23.1 Å². The molecule has 6 rings (SSSR count). The highest BCUT2D eigenvalue weighted by atomic mass is 32.2. The summed E-state index contributed by atoms with van der Waals surface area (Å²) in [4.78, 5) is 25.2. The number of hydrogen-bond acceptors (Lipinski definition) is 6. The monoisotopic (exact) mass is 653 g/mol. The summed E-state index contributed by atoms with van der Waals surface area (Å²) in [6.07, 6.45) is 0.771. The standard InChI is InChI=1S/C33H31F4N5O3S/c1-20(29-31(25-5-2-21(18-38)3-6-25)41-13-12-39-30(24-7-8-24)32(41)40-29)42(19-22-10-14-46(44,45)15-11-22)28(43)17-23-4-9-27(34)26(16-23)33(35,36)37/h2-6,9,12-13,16,20,22,24H,7-8,10-11,14-15,17,19H2,1H3/t20-/m1/s1. The molecular weight excluding hydrogens is 622 g/mol. The average Bonchev–Trinajstić information content (AvgIpc) is 3.79. The van der Waals surface area contributed by atoms with Crippen LogP contribution in [0.1, 0.15) is 72.6 Å². The first-order valence-electron chi connectivity index (χ1n) is 15.1. The molecule has 4 aromatic rings. The molecule has 2 aromatic heterocycles. The normalized spacial score (nSPS) is 17.5. The summed E-state index contributed by atoms with van der Waals surface area (Å²) in [6, 6.07) is 10.9. The number of halogens is 4. The van der Waals surface area contributed by atoms with Crippen LogP contribution in [-0.2, 0) is 27.2 Å². The van der Waals surface area contributed by atoms with Crippen molar-refractivity contribution in [3.05, 3.63) is 88.8 Å². The van der Waals surface area contributed by atoms with E-state index in [1.165, 1.54) is 6.07 Å². The molecule has 13 heteroatoms. The van der Waals surface area contributed by atoms with Crippen molar-refractivity contribution in [3.8, 4) is 17.3 Å². The largest absolute Gasteiger partial charge is 0.419 e. The Balaban J connectivity index is 1.43. The van der Waals surface area contributed by atoms with Gasteiger partial charge in [-0.25, -0.2) is 17.8 Å². The summed E-state index contributed by atoms with van der Waals surface area (Å²) in [5.41, 5.74) is 2.45. The Bertz CT molecular complexity index is 1930. The number of hydrogen-bond donors (Lipinski definition) is 0. The molecule has 240 valence electrons. The van der Waals surface area contributed by atoms with Crippen LogP contribution in [0.4, 0.5) is 17.6 Å². The number of amides is 1. The van der Waals surface area contributed by atoms with Crippen LogP contribution >= 0.6 is 0 Å². The van der Waals surface area contributed by atoms with E-state index < -0.39 is 45.8 Å². The lowest BCUT2D eigenvalue weighted by atomic mass is 9.98. The smallest absolute Gasteiger partial charge is 0.334 e. The minimum Gasteiger partial charge on any atom is -0.334 e. The summed E-state index contributed by atoms with van der Waals surface area (Å²) >= 11 is 0. The van der Waals surface area contributed by atoms with Gasteiger partial charge in [0.2, 0.25) is 5.91 Å². The van der Waals surface area contributed by atoms with Gasteiger partial charge in [0.15, 0.2) is 5.65 Å². The Morgan fingerprint density at radius 1 is 1.11 bits per heavy atom. The van der Waals surface area contributed by atoms with Gasteiger partial charge in [-0.05, 0) is 68.4 Å². The highest BCUT2D eigenvalue weighted by molar-refractivity contribution is 7.91. The first-order valence-corrected chi connectivity index (χ1v) is 16.9. The maximum atomic E-state index is 14.1. The molecule has 3 heterocycles. The van der Waals surface area contributed by atoms with E-state index in [2.05, 4.69) is 11.1 Å². The number of rotatable bonds is 8.